The van der Waals surface area contributed by atoms with Crippen molar-refractivity contribution in [2.75, 3.05) is 26.2 Å². The van der Waals surface area contributed by atoms with E-state index >= 15 is 0 Å². The molecule has 4 rings (SSSR count). The van der Waals surface area contributed by atoms with Crippen LogP contribution in [0.25, 0.3) is 5.69 Å². The van der Waals surface area contributed by atoms with Crippen LogP contribution < -0.4 is 10.6 Å². The summed E-state index contributed by atoms with van der Waals surface area (Å²) in [5.74, 6) is 0.161. The molecule has 2 aliphatic heterocycles. The number of hydrogen-bond acceptors (Lipinski definition) is 4. The van der Waals surface area contributed by atoms with Gasteiger partial charge in [-0.15, -0.1) is 0 Å². The molecular formula is C17H21N5O. The van der Waals surface area contributed by atoms with Gasteiger partial charge in [-0.25, -0.2) is 4.68 Å². The Kier molecular flexibility index (Phi) is 3.63. The van der Waals surface area contributed by atoms with Gasteiger partial charge in [-0.2, -0.15) is 5.10 Å². The molecule has 0 bridgehead atoms. The maximum Gasteiger partial charge on any atom is 0.222 e. The monoisotopic (exact) mass is 311 g/mol. The van der Waals surface area contributed by atoms with Gasteiger partial charge in [0.05, 0.1) is 17.4 Å². The van der Waals surface area contributed by atoms with Crippen molar-refractivity contribution in [2.45, 2.75) is 18.5 Å². The summed E-state index contributed by atoms with van der Waals surface area (Å²) < 4.78 is 1.91. The van der Waals surface area contributed by atoms with Gasteiger partial charge in [-0.1, -0.05) is 18.2 Å². The zero-order valence-corrected chi connectivity index (χ0v) is 13.0. The van der Waals surface area contributed by atoms with E-state index in [2.05, 4.69) is 26.8 Å². The molecule has 0 unspecified atom stereocenters. The lowest BCUT2D eigenvalue weighted by Crippen LogP contribution is -2.68. The van der Waals surface area contributed by atoms with Crippen molar-refractivity contribution in [2.24, 2.45) is 0 Å². The Hall–Kier alpha value is -2.18. The lowest BCUT2D eigenvalue weighted by atomic mass is 9.86. The van der Waals surface area contributed by atoms with Crippen LogP contribution in [0.15, 0.2) is 42.7 Å². The molecule has 1 amide bonds. The summed E-state index contributed by atoms with van der Waals surface area (Å²) in [4.78, 5) is 14.3. The zero-order valence-electron chi connectivity index (χ0n) is 13.0. The third-order valence-corrected chi connectivity index (χ3v) is 4.80. The summed E-state index contributed by atoms with van der Waals surface area (Å²) in [5.41, 5.74) is 2.20. The Morgan fingerprint density at radius 2 is 2.04 bits per heavy atom. The minimum absolute atomic E-state index is 0.0323. The van der Waals surface area contributed by atoms with E-state index in [1.54, 1.807) is 0 Å². The van der Waals surface area contributed by atoms with Crippen molar-refractivity contribution in [1.29, 1.82) is 0 Å². The molecule has 2 fully saturated rings. The molecule has 2 N–H and O–H groups in total. The van der Waals surface area contributed by atoms with E-state index in [-0.39, 0.29) is 11.4 Å². The van der Waals surface area contributed by atoms with Crippen LogP contribution >= 0.6 is 0 Å². The van der Waals surface area contributed by atoms with E-state index in [9.17, 15) is 4.79 Å². The molecule has 1 spiro atoms. The summed E-state index contributed by atoms with van der Waals surface area (Å²) in [7, 11) is 0. The molecule has 3 heterocycles. The summed E-state index contributed by atoms with van der Waals surface area (Å²) >= 11 is 0. The molecule has 0 aliphatic carbocycles. The van der Waals surface area contributed by atoms with Gasteiger partial charge in [0.1, 0.15) is 0 Å². The van der Waals surface area contributed by atoms with Crippen molar-refractivity contribution < 1.29 is 4.79 Å². The van der Waals surface area contributed by atoms with Crippen molar-refractivity contribution >= 4 is 5.91 Å². The standard InChI is InChI=1S/C17H21N5O/c23-16-8-17(12-18-13-17)21(7-6-19-16)10-14-9-20-22(11-14)15-4-2-1-3-5-15/h1-5,9,11,18H,6-8,10,12-13H2,(H,19,23). The van der Waals surface area contributed by atoms with E-state index in [0.29, 0.717) is 13.0 Å². The number of aromatic nitrogens is 2. The second-order valence-corrected chi connectivity index (χ2v) is 6.40. The highest BCUT2D eigenvalue weighted by molar-refractivity contribution is 5.78. The Balaban J connectivity index is 1.53. The first kappa shape index (κ1) is 14.4. The fourth-order valence-electron chi connectivity index (χ4n) is 3.43. The van der Waals surface area contributed by atoms with Crippen LogP contribution in [0.4, 0.5) is 0 Å². The van der Waals surface area contributed by atoms with Gasteiger partial charge in [-0.3, -0.25) is 9.69 Å². The molecule has 23 heavy (non-hydrogen) atoms. The first-order valence-electron chi connectivity index (χ1n) is 8.07. The molecule has 0 atom stereocenters. The minimum atomic E-state index is -0.0323. The van der Waals surface area contributed by atoms with Gasteiger partial charge in [-0.05, 0) is 12.1 Å². The Morgan fingerprint density at radius 3 is 2.78 bits per heavy atom. The largest absolute Gasteiger partial charge is 0.355 e. The summed E-state index contributed by atoms with van der Waals surface area (Å²) in [6.07, 6.45) is 4.58. The van der Waals surface area contributed by atoms with Crippen LogP contribution in [0, 0.1) is 0 Å². The molecule has 2 saturated heterocycles. The lowest BCUT2D eigenvalue weighted by molar-refractivity contribution is -0.123. The van der Waals surface area contributed by atoms with Gasteiger partial charge in [0.15, 0.2) is 0 Å². The van der Waals surface area contributed by atoms with Crippen LogP contribution in [0.2, 0.25) is 0 Å². The maximum absolute atomic E-state index is 11.9. The van der Waals surface area contributed by atoms with Crippen LogP contribution in [-0.2, 0) is 11.3 Å². The van der Waals surface area contributed by atoms with E-state index in [1.807, 2.05) is 41.2 Å². The van der Waals surface area contributed by atoms with E-state index in [1.165, 1.54) is 5.56 Å². The normalized spacial score (nSPS) is 20.8. The van der Waals surface area contributed by atoms with E-state index in [4.69, 9.17) is 0 Å². The molecule has 2 aromatic rings. The van der Waals surface area contributed by atoms with Crippen molar-refractivity contribution in [3.05, 3.63) is 48.3 Å². The highest BCUT2D eigenvalue weighted by Crippen LogP contribution is 2.28. The highest BCUT2D eigenvalue weighted by atomic mass is 16.1. The molecule has 2 aliphatic rings. The Bertz CT molecular complexity index is 692. The number of para-hydroxylation sites is 1. The summed E-state index contributed by atoms with van der Waals surface area (Å²) in [6.45, 7) is 4.18. The predicted octanol–water partition coefficient (Wildman–Crippen LogP) is 0.536. The number of nitrogens with one attached hydrogen (secondary N) is 2. The summed E-state index contributed by atoms with van der Waals surface area (Å²) in [5, 5.41) is 10.8. The number of benzene rings is 1. The number of carbonyl (C=O) groups excluding carboxylic acids is 1. The van der Waals surface area contributed by atoms with Crippen molar-refractivity contribution in [1.82, 2.24) is 25.3 Å². The fraction of sp³-hybridized carbons (Fsp3) is 0.412. The van der Waals surface area contributed by atoms with Gasteiger partial charge >= 0.3 is 0 Å². The van der Waals surface area contributed by atoms with Crippen LogP contribution in [-0.4, -0.2) is 52.3 Å². The second-order valence-electron chi connectivity index (χ2n) is 6.40. The molecular weight excluding hydrogens is 290 g/mol. The van der Waals surface area contributed by atoms with Gasteiger partial charge < -0.3 is 10.6 Å². The van der Waals surface area contributed by atoms with Gasteiger partial charge in [0.25, 0.3) is 0 Å². The molecule has 6 nitrogen and oxygen atoms in total. The van der Waals surface area contributed by atoms with Gasteiger partial charge in [0, 0.05) is 50.9 Å². The maximum atomic E-state index is 11.9. The average Bonchev–Trinajstić information content (AvgIpc) is 2.92. The number of rotatable bonds is 3. The Labute approximate surface area is 135 Å². The fourth-order valence-corrected chi connectivity index (χ4v) is 3.43. The molecule has 1 aromatic heterocycles. The number of hydrogen-bond donors (Lipinski definition) is 2. The topological polar surface area (TPSA) is 62.2 Å². The molecule has 0 radical (unpaired) electrons. The summed E-state index contributed by atoms with van der Waals surface area (Å²) in [6, 6.07) is 10.1. The first-order chi connectivity index (χ1) is 11.3. The van der Waals surface area contributed by atoms with Crippen LogP contribution in [0.5, 0.6) is 0 Å². The van der Waals surface area contributed by atoms with Crippen LogP contribution in [0.1, 0.15) is 12.0 Å². The SMILES string of the molecule is O=C1CC2(CNC2)N(Cc2cnn(-c3ccccc3)c2)CCN1. The third kappa shape index (κ3) is 2.75. The number of amides is 1. The number of nitrogens with zero attached hydrogens (tertiary/aromatic N) is 3. The lowest BCUT2D eigenvalue weighted by Gasteiger charge is -2.49. The zero-order chi connectivity index (χ0) is 15.7. The van der Waals surface area contributed by atoms with E-state index in [0.717, 1.165) is 31.9 Å². The number of carbonyl (C=O) groups is 1. The van der Waals surface area contributed by atoms with Crippen molar-refractivity contribution in [3.63, 3.8) is 0 Å². The smallest absolute Gasteiger partial charge is 0.222 e. The molecule has 1 aromatic carbocycles. The highest BCUT2D eigenvalue weighted by Gasteiger charge is 2.45. The molecule has 120 valence electrons. The molecule has 0 saturated carbocycles. The minimum Gasteiger partial charge on any atom is -0.355 e. The first-order valence-corrected chi connectivity index (χ1v) is 8.07. The molecule has 6 heteroatoms. The van der Waals surface area contributed by atoms with Gasteiger partial charge in [0.2, 0.25) is 5.91 Å². The van der Waals surface area contributed by atoms with Crippen LogP contribution in [0.3, 0.4) is 0 Å². The van der Waals surface area contributed by atoms with E-state index < -0.39 is 0 Å². The average molecular weight is 311 g/mol. The Morgan fingerprint density at radius 1 is 1.22 bits per heavy atom. The third-order valence-electron chi connectivity index (χ3n) is 4.80. The quantitative estimate of drug-likeness (QED) is 0.868. The second kappa shape index (κ2) is 5.79. The predicted molar refractivity (Wildman–Crippen MR) is 87.2 cm³/mol. The van der Waals surface area contributed by atoms with Crippen molar-refractivity contribution in [3.8, 4) is 5.69 Å².